The normalized spacial score (nSPS) is 19.6. The van der Waals surface area contributed by atoms with Crippen molar-refractivity contribution in [2.45, 2.75) is 24.3 Å². The first-order chi connectivity index (χ1) is 16.3. The fraction of sp³-hybridized carbons (Fsp3) is 0.318. The van der Waals surface area contributed by atoms with Crippen LogP contribution in [0.15, 0.2) is 42.5 Å². The van der Waals surface area contributed by atoms with Gasteiger partial charge in [0.2, 0.25) is 11.8 Å². The van der Waals surface area contributed by atoms with Gasteiger partial charge in [-0.1, -0.05) is 12.1 Å². The molecule has 3 amide bonds. The fourth-order valence-electron chi connectivity index (χ4n) is 3.15. The maximum Gasteiger partial charge on any atom is 0.252 e. The van der Waals surface area contributed by atoms with Crippen molar-refractivity contribution >= 4 is 29.5 Å². The van der Waals surface area contributed by atoms with Crippen molar-refractivity contribution in [1.29, 1.82) is 0 Å². The van der Waals surface area contributed by atoms with Crippen LogP contribution in [-0.4, -0.2) is 55.4 Å². The van der Waals surface area contributed by atoms with Gasteiger partial charge in [-0.05, 0) is 35.9 Å². The van der Waals surface area contributed by atoms with E-state index in [4.69, 9.17) is 15.2 Å². The van der Waals surface area contributed by atoms with Crippen LogP contribution in [0.5, 0.6) is 11.5 Å². The smallest absolute Gasteiger partial charge is 0.252 e. The zero-order chi connectivity index (χ0) is 24.7. The molecule has 0 spiro atoms. The van der Waals surface area contributed by atoms with E-state index in [1.807, 2.05) is 0 Å². The first-order valence-corrected chi connectivity index (χ1v) is 11.3. The summed E-state index contributed by atoms with van der Waals surface area (Å²) < 4.78 is 23.3. The van der Waals surface area contributed by atoms with Gasteiger partial charge < -0.3 is 31.2 Å². The van der Waals surface area contributed by atoms with E-state index < -0.39 is 29.5 Å². The van der Waals surface area contributed by atoms with Crippen LogP contribution in [0.3, 0.4) is 0 Å². The monoisotopic (exact) mass is 491 g/mol. The van der Waals surface area contributed by atoms with Crippen LogP contribution < -0.4 is 36.5 Å². The number of thioether (sulfide) groups is 1. The number of hydrogen-bond donors (Lipinski definition) is 5. The summed E-state index contributed by atoms with van der Waals surface area (Å²) in [4.78, 5) is 37.3. The van der Waals surface area contributed by atoms with Crippen LogP contribution in [0.1, 0.15) is 15.9 Å². The van der Waals surface area contributed by atoms with Crippen molar-refractivity contribution in [3.8, 4) is 11.5 Å². The predicted octanol–water partition coefficient (Wildman–Crippen LogP) is 0.279. The summed E-state index contributed by atoms with van der Waals surface area (Å²) in [6, 6.07) is 9.41. The van der Waals surface area contributed by atoms with Gasteiger partial charge in [0.1, 0.15) is 17.4 Å². The second kappa shape index (κ2) is 11.7. The molecule has 0 radical (unpaired) electrons. The Kier molecular flexibility index (Phi) is 8.68. The molecule has 10 nitrogen and oxygen atoms in total. The van der Waals surface area contributed by atoms with E-state index in [2.05, 4.69) is 21.3 Å². The maximum absolute atomic E-state index is 12.9. The number of ether oxygens (including phenoxy) is 2. The Labute approximate surface area is 200 Å². The molecule has 1 aliphatic heterocycles. The SMILES string of the molecule is COc1ccc(C(=O)NC2C(=O)NC(SCC(=O)NCc3ccc(F)cc3)NC2N)cc1OC. The van der Waals surface area contributed by atoms with E-state index in [-0.39, 0.29) is 29.6 Å². The van der Waals surface area contributed by atoms with E-state index in [1.54, 1.807) is 24.3 Å². The number of nitrogens with two attached hydrogens (primary N) is 1. The molecular weight excluding hydrogens is 465 g/mol. The van der Waals surface area contributed by atoms with Gasteiger partial charge in [-0.2, -0.15) is 0 Å². The molecule has 6 N–H and O–H groups in total. The third kappa shape index (κ3) is 6.59. The van der Waals surface area contributed by atoms with Gasteiger partial charge >= 0.3 is 0 Å². The van der Waals surface area contributed by atoms with Crippen molar-refractivity contribution in [2.24, 2.45) is 5.73 Å². The Morgan fingerprint density at radius 1 is 1.12 bits per heavy atom. The zero-order valence-corrected chi connectivity index (χ0v) is 19.4. The summed E-state index contributed by atoms with van der Waals surface area (Å²) >= 11 is 1.14. The molecule has 34 heavy (non-hydrogen) atoms. The van der Waals surface area contributed by atoms with Gasteiger partial charge in [-0.15, -0.1) is 11.8 Å². The van der Waals surface area contributed by atoms with E-state index in [0.29, 0.717) is 11.5 Å². The van der Waals surface area contributed by atoms with Crippen LogP contribution in [0.2, 0.25) is 0 Å². The number of rotatable bonds is 9. The van der Waals surface area contributed by atoms with Gasteiger partial charge in [-0.25, -0.2) is 4.39 Å². The van der Waals surface area contributed by atoms with Crippen molar-refractivity contribution in [3.63, 3.8) is 0 Å². The summed E-state index contributed by atoms with van der Waals surface area (Å²) in [6.07, 6.45) is -0.877. The average Bonchev–Trinajstić information content (AvgIpc) is 2.84. The summed E-state index contributed by atoms with van der Waals surface area (Å²) in [7, 11) is 2.94. The molecule has 1 aliphatic rings. The molecule has 0 saturated carbocycles. The number of halogens is 1. The van der Waals surface area contributed by atoms with E-state index in [0.717, 1.165) is 17.3 Å². The first kappa shape index (κ1) is 25.3. The largest absolute Gasteiger partial charge is 0.493 e. The minimum absolute atomic E-state index is 0.0501. The number of nitrogens with one attached hydrogen (secondary N) is 4. The maximum atomic E-state index is 12.9. The van der Waals surface area contributed by atoms with Gasteiger partial charge in [-0.3, -0.25) is 19.7 Å². The third-order valence-corrected chi connectivity index (χ3v) is 5.99. The Morgan fingerprint density at radius 2 is 1.82 bits per heavy atom. The number of amides is 3. The van der Waals surface area contributed by atoms with Crippen LogP contribution in [-0.2, 0) is 16.1 Å². The number of benzene rings is 2. The molecule has 182 valence electrons. The molecule has 12 heteroatoms. The Bertz CT molecular complexity index is 1040. The highest BCUT2D eigenvalue weighted by atomic mass is 32.2. The lowest BCUT2D eigenvalue weighted by atomic mass is 10.1. The number of methoxy groups -OCH3 is 2. The summed E-state index contributed by atoms with van der Waals surface area (Å²) in [5, 5.41) is 11.0. The average molecular weight is 492 g/mol. The number of carbonyl (C=O) groups is 3. The van der Waals surface area contributed by atoms with Gasteiger partial charge in [0.05, 0.1) is 26.1 Å². The van der Waals surface area contributed by atoms with E-state index in [9.17, 15) is 18.8 Å². The predicted molar refractivity (Wildman–Crippen MR) is 125 cm³/mol. The molecule has 3 atom stereocenters. The highest BCUT2D eigenvalue weighted by Crippen LogP contribution is 2.27. The molecule has 0 aliphatic carbocycles. The fourth-order valence-corrected chi connectivity index (χ4v) is 4.03. The lowest BCUT2D eigenvalue weighted by Crippen LogP contribution is -2.70. The molecule has 3 unspecified atom stereocenters. The molecule has 0 bridgehead atoms. The number of carbonyl (C=O) groups excluding carboxylic acids is 3. The summed E-state index contributed by atoms with van der Waals surface area (Å²) in [6.45, 7) is 0.258. The Hall–Kier alpha value is -3.35. The minimum atomic E-state index is -1.02. The number of hydrogen-bond acceptors (Lipinski definition) is 8. The van der Waals surface area contributed by atoms with Crippen molar-refractivity contribution in [3.05, 3.63) is 59.4 Å². The van der Waals surface area contributed by atoms with Gasteiger partial charge in [0.15, 0.2) is 11.5 Å². The van der Waals surface area contributed by atoms with Crippen LogP contribution >= 0.6 is 11.8 Å². The standard InChI is InChI=1S/C22H26FN5O5S/c1-32-15-8-5-13(9-16(15)33-2)20(30)26-18-19(24)27-22(28-21(18)31)34-11-17(29)25-10-12-3-6-14(23)7-4-12/h3-9,18-19,22,27H,10-11,24H2,1-2H3,(H,25,29)(H,26,30)(H,28,31). The molecule has 3 rings (SSSR count). The second-order valence-corrected chi connectivity index (χ2v) is 8.41. The Balaban J connectivity index is 1.48. The molecular formula is C22H26FN5O5S. The zero-order valence-electron chi connectivity index (χ0n) is 18.6. The van der Waals surface area contributed by atoms with Crippen LogP contribution in [0.4, 0.5) is 4.39 Å². The summed E-state index contributed by atoms with van der Waals surface area (Å²) in [5.74, 6) is -0.709. The lowest BCUT2D eigenvalue weighted by molar-refractivity contribution is -0.126. The Morgan fingerprint density at radius 3 is 2.47 bits per heavy atom. The highest BCUT2D eigenvalue weighted by molar-refractivity contribution is 8.00. The molecule has 1 saturated heterocycles. The third-order valence-electron chi connectivity index (χ3n) is 4.98. The molecule has 1 fully saturated rings. The molecule has 0 aromatic heterocycles. The molecule has 2 aromatic rings. The molecule has 1 heterocycles. The van der Waals surface area contributed by atoms with E-state index >= 15 is 0 Å². The van der Waals surface area contributed by atoms with Crippen LogP contribution in [0.25, 0.3) is 0 Å². The topological polar surface area (TPSA) is 144 Å². The first-order valence-electron chi connectivity index (χ1n) is 10.3. The van der Waals surface area contributed by atoms with Gasteiger partial charge in [0.25, 0.3) is 5.91 Å². The summed E-state index contributed by atoms with van der Waals surface area (Å²) in [5.41, 5.74) is 6.48. The molecule has 2 aromatic carbocycles. The minimum Gasteiger partial charge on any atom is -0.493 e. The van der Waals surface area contributed by atoms with Gasteiger partial charge in [0, 0.05) is 12.1 Å². The lowest BCUT2D eigenvalue weighted by Gasteiger charge is -2.35. The van der Waals surface area contributed by atoms with E-state index in [1.165, 1.54) is 32.4 Å². The van der Waals surface area contributed by atoms with Crippen molar-refractivity contribution in [2.75, 3.05) is 20.0 Å². The van der Waals surface area contributed by atoms with Crippen LogP contribution in [0, 0.1) is 5.82 Å². The van der Waals surface area contributed by atoms with Crippen molar-refractivity contribution in [1.82, 2.24) is 21.3 Å². The quantitative estimate of drug-likeness (QED) is 0.337. The van der Waals surface area contributed by atoms with Crippen molar-refractivity contribution < 1.29 is 28.2 Å². The highest BCUT2D eigenvalue weighted by Gasteiger charge is 2.35. The second-order valence-electron chi connectivity index (χ2n) is 7.32.